The van der Waals surface area contributed by atoms with E-state index in [1.807, 2.05) is 18.3 Å². The van der Waals surface area contributed by atoms with Gasteiger partial charge in [0.15, 0.2) is 0 Å². The van der Waals surface area contributed by atoms with Crippen molar-refractivity contribution in [3.05, 3.63) is 40.2 Å². The van der Waals surface area contributed by atoms with Gasteiger partial charge in [-0.2, -0.15) is 0 Å². The van der Waals surface area contributed by atoms with E-state index in [0.717, 1.165) is 30.9 Å². The highest BCUT2D eigenvalue weighted by atomic mass is 32.1. The number of nitrogens with zero attached hydrogens (tertiary/aromatic N) is 2. The Morgan fingerprint density at radius 2 is 2.36 bits per heavy atom. The number of thiazole rings is 1. The Balaban J connectivity index is 1.67. The molecule has 2 aromatic heterocycles. The van der Waals surface area contributed by atoms with E-state index in [2.05, 4.69) is 16.8 Å². The smallest absolute Gasteiger partial charge is 0.132 e. The van der Waals surface area contributed by atoms with Gasteiger partial charge in [-0.05, 0) is 44.9 Å². The van der Waals surface area contributed by atoms with Gasteiger partial charge in [0.1, 0.15) is 11.9 Å². The Morgan fingerprint density at radius 1 is 1.45 bits per heavy atom. The first kappa shape index (κ1) is 15.7. The molecule has 1 saturated heterocycles. The maximum Gasteiger partial charge on any atom is 0.132 e. The zero-order chi connectivity index (χ0) is 15.4. The van der Waals surface area contributed by atoms with Gasteiger partial charge in [-0.15, -0.1) is 11.3 Å². The van der Waals surface area contributed by atoms with Gasteiger partial charge >= 0.3 is 0 Å². The molecular formula is C17H24N2O2S. The van der Waals surface area contributed by atoms with Crippen LogP contribution in [-0.4, -0.2) is 27.6 Å². The minimum absolute atomic E-state index is 0.407. The average molecular weight is 320 g/mol. The van der Waals surface area contributed by atoms with Crippen molar-refractivity contribution in [2.24, 2.45) is 0 Å². The van der Waals surface area contributed by atoms with Crippen LogP contribution >= 0.6 is 11.3 Å². The summed E-state index contributed by atoms with van der Waals surface area (Å²) < 4.78 is 5.35. The van der Waals surface area contributed by atoms with Gasteiger partial charge in [-0.25, -0.2) is 4.98 Å². The molecule has 0 aromatic carbocycles. The van der Waals surface area contributed by atoms with E-state index in [1.54, 1.807) is 17.6 Å². The molecule has 22 heavy (non-hydrogen) atoms. The van der Waals surface area contributed by atoms with Crippen molar-refractivity contribution in [2.45, 2.75) is 57.7 Å². The lowest BCUT2D eigenvalue weighted by molar-refractivity contribution is 0.0835. The molecule has 120 valence electrons. The summed E-state index contributed by atoms with van der Waals surface area (Å²) in [6.07, 6.45) is 8.77. The van der Waals surface area contributed by atoms with Gasteiger partial charge in [-0.3, -0.25) is 4.90 Å². The maximum absolute atomic E-state index is 10.4. The standard InChI is InChI=1S/C17H24N2O2S/c1-13-18-11-15(22-13)12-19-8-4-2-3-6-14(19)10-16(20)17-7-5-9-21-17/h5,7,9,11,14,16,20H,2-4,6,8,10,12H2,1H3. The topological polar surface area (TPSA) is 49.5 Å². The van der Waals surface area contributed by atoms with Crippen LogP contribution in [0.1, 0.15) is 53.9 Å². The summed E-state index contributed by atoms with van der Waals surface area (Å²) in [6.45, 7) is 4.10. The molecule has 1 aliphatic rings. The average Bonchev–Trinajstić information content (AvgIpc) is 3.12. The summed E-state index contributed by atoms with van der Waals surface area (Å²) in [5, 5.41) is 11.5. The molecule has 1 aliphatic heterocycles. The maximum atomic E-state index is 10.4. The number of rotatable bonds is 5. The van der Waals surface area contributed by atoms with Gasteiger partial charge in [0.2, 0.25) is 0 Å². The number of hydrogen-bond donors (Lipinski definition) is 1. The van der Waals surface area contributed by atoms with Crippen molar-refractivity contribution in [1.29, 1.82) is 0 Å². The fourth-order valence-corrected chi connectivity index (χ4v) is 4.07. The number of furan rings is 1. The Kier molecular flexibility index (Phi) is 5.28. The van der Waals surface area contributed by atoms with Crippen LogP contribution in [0.15, 0.2) is 29.0 Å². The van der Waals surface area contributed by atoms with Crippen molar-refractivity contribution < 1.29 is 9.52 Å². The Morgan fingerprint density at radius 3 is 3.09 bits per heavy atom. The summed E-state index contributed by atoms with van der Waals surface area (Å²) in [4.78, 5) is 8.20. The quantitative estimate of drug-likeness (QED) is 0.907. The number of likely N-dealkylation sites (tertiary alicyclic amines) is 1. The van der Waals surface area contributed by atoms with Crippen LogP contribution < -0.4 is 0 Å². The lowest BCUT2D eigenvalue weighted by Gasteiger charge is -2.30. The third-order valence-corrected chi connectivity index (χ3v) is 5.29. The fourth-order valence-electron chi connectivity index (χ4n) is 3.25. The molecule has 0 spiro atoms. The van der Waals surface area contributed by atoms with Crippen LogP contribution in [0.2, 0.25) is 0 Å². The molecule has 3 heterocycles. The molecule has 2 aromatic rings. The highest BCUT2D eigenvalue weighted by molar-refractivity contribution is 7.11. The molecular weight excluding hydrogens is 296 g/mol. The highest BCUT2D eigenvalue weighted by Gasteiger charge is 2.25. The van der Waals surface area contributed by atoms with E-state index in [4.69, 9.17) is 4.42 Å². The molecule has 0 aliphatic carbocycles. The third-order valence-electron chi connectivity index (χ3n) is 4.39. The van der Waals surface area contributed by atoms with Crippen LogP contribution in [0.25, 0.3) is 0 Å². The van der Waals surface area contributed by atoms with Crippen molar-refractivity contribution in [2.75, 3.05) is 6.54 Å². The molecule has 0 saturated carbocycles. The van der Waals surface area contributed by atoms with E-state index in [0.29, 0.717) is 11.8 Å². The second kappa shape index (κ2) is 7.40. The number of aryl methyl sites for hydroxylation is 1. The summed E-state index contributed by atoms with van der Waals surface area (Å²) in [6, 6.07) is 4.10. The highest BCUT2D eigenvalue weighted by Crippen LogP contribution is 2.28. The van der Waals surface area contributed by atoms with Gasteiger partial charge in [-0.1, -0.05) is 12.8 Å². The van der Waals surface area contributed by atoms with Gasteiger partial charge in [0, 0.05) is 23.7 Å². The SMILES string of the molecule is Cc1ncc(CN2CCCCCC2CC(O)c2ccco2)s1. The second-order valence-corrected chi connectivity index (χ2v) is 7.41. The number of aliphatic hydroxyl groups is 1. The zero-order valence-corrected chi connectivity index (χ0v) is 13.9. The van der Waals surface area contributed by atoms with Crippen LogP contribution in [0.3, 0.4) is 0 Å². The lowest BCUT2D eigenvalue weighted by Crippen LogP contribution is -2.35. The van der Waals surface area contributed by atoms with Gasteiger partial charge < -0.3 is 9.52 Å². The summed E-state index contributed by atoms with van der Waals surface area (Å²) in [7, 11) is 0. The van der Waals surface area contributed by atoms with E-state index in [1.165, 1.54) is 24.1 Å². The van der Waals surface area contributed by atoms with Crippen LogP contribution in [0.4, 0.5) is 0 Å². The van der Waals surface area contributed by atoms with E-state index in [-0.39, 0.29) is 0 Å². The summed E-state index contributed by atoms with van der Waals surface area (Å²) in [5.74, 6) is 0.679. The molecule has 2 atom stereocenters. The van der Waals surface area contributed by atoms with Crippen molar-refractivity contribution in [3.8, 4) is 0 Å². The van der Waals surface area contributed by atoms with Crippen LogP contribution in [-0.2, 0) is 6.54 Å². The zero-order valence-electron chi connectivity index (χ0n) is 13.1. The largest absolute Gasteiger partial charge is 0.467 e. The van der Waals surface area contributed by atoms with Crippen molar-refractivity contribution >= 4 is 11.3 Å². The third kappa shape index (κ3) is 3.97. The first-order chi connectivity index (χ1) is 10.7. The minimum atomic E-state index is -0.510. The Bertz CT molecular complexity index is 567. The van der Waals surface area contributed by atoms with E-state index < -0.39 is 6.10 Å². The molecule has 0 radical (unpaired) electrons. The predicted molar refractivity (Wildman–Crippen MR) is 87.8 cm³/mol. The number of hydrogen-bond acceptors (Lipinski definition) is 5. The monoisotopic (exact) mass is 320 g/mol. The normalized spacial score (nSPS) is 21.6. The molecule has 4 nitrogen and oxygen atoms in total. The van der Waals surface area contributed by atoms with Gasteiger partial charge in [0.05, 0.1) is 11.3 Å². The lowest BCUT2D eigenvalue weighted by atomic mass is 10.0. The van der Waals surface area contributed by atoms with Crippen molar-refractivity contribution in [3.63, 3.8) is 0 Å². The number of aliphatic hydroxyl groups excluding tert-OH is 1. The minimum Gasteiger partial charge on any atom is -0.467 e. The molecule has 2 unspecified atom stereocenters. The Hall–Kier alpha value is -1.17. The fraction of sp³-hybridized carbons (Fsp3) is 0.588. The van der Waals surface area contributed by atoms with Gasteiger partial charge in [0.25, 0.3) is 0 Å². The van der Waals surface area contributed by atoms with Crippen LogP contribution in [0.5, 0.6) is 0 Å². The second-order valence-electron chi connectivity index (χ2n) is 6.09. The van der Waals surface area contributed by atoms with Crippen LogP contribution in [0, 0.1) is 6.92 Å². The molecule has 5 heteroatoms. The van der Waals surface area contributed by atoms with E-state index >= 15 is 0 Å². The number of aromatic nitrogens is 1. The predicted octanol–water partition coefficient (Wildman–Crippen LogP) is 3.91. The van der Waals surface area contributed by atoms with Crippen molar-refractivity contribution in [1.82, 2.24) is 9.88 Å². The molecule has 0 bridgehead atoms. The first-order valence-corrected chi connectivity index (χ1v) is 8.91. The molecule has 1 fully saturated rings. The molecule has 3 rings (SSSR count). The first-order valence-electron chi connectivity index (χ1n) is 8.09. The van der Waals surface area contributed by atoms with E-state index in [9.17, 15) is 5.11 Å². The molecule has 0 amide bonds. The Labute approximate surface area is 135 Å². The summed E-state index contributed by atoms with van der Waals surface area (Å²) >= 11 is 1.77. The molecule has 1 N–H and O–H groups in total. The summed E-state index contributed by atoms with van der Waals surface area (Å²) in [5.41, 5.74) is 0.